The van der Waals surface area contributed by atoms with Gasteiger partial charge >= 0.3 is 5.63 Å². The summed E-state index contributed by atoms with van der Waals surface area (Å²) >= 11 is 12.4. The third-order valence-electron chi connectivity index (χ3n) is 3.59. The van der Waals surface area contributed by atoms with Crippen LogP contribution < -0.4 is 5.63 Å². The standard InChI is InChI=1S/C17H12Cl2O2/c1-9-7-15-12(8-14(9)19)10(2)16(17(20)21-15)11-5-3-4-6-13(11)18/h3-8H,1-2H3. The second kappa shape index (κ2) is 5.21. The minimum Gasteiger partial charge on any atom is -0.422 e. The molecule has 0 fully saturated rings. The fourth-order valence-corrected chi connectivity index (χ4v) is 2.84. The molecule has 0 saturated heterocycles. The Morgan fingerprint density at radius 3 is 2.43 bits per heavy atom. The van der Waals surface area contributed by atoms with Crippen LogP contribution in [-0.2, 0) is 0 Å². The zero-order valence-electron chi connectivity index (χ0n) is 11.5. The van der Waals surface area contributed by atoms with Gasteiger partial charge in [-0.05, 0) is 43.2 Å². The summed E-state index contributed by atoms with van der Waals surface area (Å²) in [6.45, 7) is 3.75. The molecule has 0 bridgehead atoms. The van der Waals surface area contributed by atoms with Crippen molar-refractivity contribution in [2.75, 3.05) is 0 Å². The molecule has 0 radical (unpaired) electrons. The highest BCUT2D eigenvalue weighted by Gasteiger charge is 2.16. The highest BCUT2D eigenvalue weighted by atomic mass is 35.5. The van der Waals surface area contributed by atoms with Crippen molar-refractivity contribution in [2.45, 2.75) is 13.8 Å². The molecule has 0 aliphatic heterocycles. The Balaban J connectivity index is 2.43. The lowest BCUT2D eigenvalue weighted by atomic mass is 9.99. The molecule has 0 unspecified atom stereocenters. The maximum absolute atomic E-state index is 12.3. The van der Waals surface area contributed by atoms with E-state index in [1.54, 1.807) is 12.1 Å². The van der Waals surface area contributed by atoms with E-state index in [-0.39, 0.29) is 0 Å². The van der Waals surface area contributed by atoms with Crippen LogP contribution in [0.3, 0.4) is 0 Å². The van der Waals surface area contributed by atoms with Gasteiger partial charge in [-0.15, -0.1) is 0 Å². The van der Waals surface area contributed by atoms with Gasteiger partial charge in [-0.3, -0.25) is 0 Å². The Hall–Kier alpha value is -1.77. The van der Waals surface area contributed by atoms with Crippen LogP contribution in [0.2, 0.25) is 10.0 Å². The van der Waals surface area contributed by atoms with Gasteiger partial charge in [0, 0.05) is 21.0 Å². The normalized spacial score (nSPS) is 11.0. The zero-order chi connectivity index (χ0) is 15.1. The molecule has 0 amide bonds. The second-order valence-electron chi connectivity index (χ2n) is 4.97. The first-order valence-electron chi connectivity index (χ1n) is 6.47. The average Bonchev–Trinajstić information content (AvgIpc) is 2.43. The van der Waals surface area contributed by atoms with Gasteiger partial charge < -0.3 is 4.42 Å². The fourth-order valence-electron chi connectivity index (χ4n) is 2.45. The number of aryl methyl sites for hydroxylation is 2. The lowest BCUT2D eigenvalue weighted by Crippen LogP contribution is -2.06. The van der Waals surface area contributed by atoms with Crippen LogP contribution in [0.25, 0.3) is 22.1 Å². The molecule has 106 valence electrons. The smallest absolute Gasteiger partial charge is 0.344 e. The monoisotopic (exact) mass is 318 g/mol. The third-order valence-corrected chi connectivity index (χ3v) is 4.33. The van der Waals surface area contributed by atoms with E-state index < -0.39 is 5.63 Å². The Labute approximate surface area is 131 Å². The lowest BCUT2D eigenvalue weighted by Gasteiger charge is -2.10. The summed E-state index contributed by atoms with van der Waals surface area (Å²) in [5, 5.41) is 1.98. The maximum atomic E-state index is 12.3. The van der Waals surface area contributed by atoms with Crippen LogP contribution in [-0.4, -0.2) is 0 Å². The summed E-state index contributed by atoms with van der Waals surface area (Å²) in [6, 6.07) is 10.8. The molecule has 1 aromatic heterocycles. The van der Waals surface area contributed by atoms with Crippen LogP contribution in [0, 0.1) is 13.8 Å². The molecule has 3 aromatic rings. The number of hydrogen-bond acceptors (Lipinski definition) is 2. The number of fused-ring (bicyclic) bond motifs is 1. The van der Waals surface area contributed by atoms with E-state index in [4.69, 9.17) is 27.6 Å². The predicted molar refractivity (Wildman–Crippen MR) is 87.4 cm³/mol. The van der Waals surface area contributed by atoms with Crippen LogP contribution in [0.1, 0.15) is 11.1 Å². The Morgan fingerprint density at radius 1 is 1.00 bits per heavy atom. The van der Waals surface area contributed by atoms with Crippen LogP contribution in [0.5, 0.6) is 0 Å². The van der Waals surface area contributed by atoms with Gasteiger partial charge in [0.05, 0.1) is 5.56 Å². The molecule has 0 atom stereocenters. The molecule has 4 heteroatoms. The van der Waals surface area contributed by atoms with Gasteiger partial charge in [0.2, 0.25) is 0 Å². The Bertz CT molecular complexity index is 911. The molecule has 3 rings (SSSR count). The summed E-state index contributed by atoms with van der Waals surface area (Å²) in [5.74, 6) is 0. The van der Waals surface area contributed by atoms with Crippen molar-refractivity contribution < 1.29 is 4.42 Å². The largest absolute Gasteiger partial charge is 0.422 e. The molecule has 2 nitrogen and oxygen atoms in total. The lowest BCUT2D eigenvalue weighted by molar-refractivity contribution is 0.562. The van der Waals surface area contributed by atoms with Gasteiger partial charge in [-0.2, -0.15) is 0 Å². The first kappa shape index (κ1) is 14.2. The van der Waals surface area contributed by atoms with Crippen LogP contribution in [0.15, 0.2) is 45.6 Å². The fraction of sp³-hybridized carbons (Fsp3) is 0.118. The molecule has 0 aliphatic rings. The van der Waals surface area contributed by atoms with Gasteiger partial charge in [0.15, 0.2) is 0 Å². The SMILES string of the molecule is Cc1cc2oc(=O)c(-c3ccccc3Cl)c(C)c2cc1Cl. The summed E-state index contributed by atoms with van der Waals surface area (Å²) in [6.07, 6.45) is 0. The first-order chi connectivity index (χ1) is 9.99. The highest BCUT2D eigenvalue weighted by Crippen LogP contribution is 2.33. The van der Waals surface area contributed by atoms with Crippen molar-refractivity contribution in [1.29, 1.82) is 0 Å². The second-order valence-corrected chi connectivity index (χ2v) is 5.78. The van der Waals surface area contributed by atoms with Crippen molar-refractivity contribution >= 4 is 34.2 Å². The minimum atomic E-state index is -0.394. The van der Waals surface area contributed by atoms with E-state index in [1.807, 2.05) is 38.1 Å². The third kappa shape index (κ3) is 2.35. The number of halogens is 2. The summed E-state index contributed by atoms with van der Waals surface area (Å²) in [4.78, 5) is 12.3. The molecular formula is C17H12Cl2O2. The molecule has 21 heavy (non-hydrogen) atoms. The Kier molecular flexibility index (Phi) is 3.52. The van der Waals surface area contributed by atoms with Gasteiger partial charge in [0.1, 0.15) is 5.58 Å². The van der Waals surface area contributed by atoms with E-state index >= 15 is 0 Å². The maximum Gasteiger partial charge on any atom is 0.344 e. The molecule has 2 aromatic carbocycles. The molecule has 0 spiro atoms. The van der Waals surface area contributed by atoms with E-state index in [0.29, 0.717) is 26.8 Å². The Morgan fingerprint density at radius 2 is 1.71 bits per heavy atom. The van der Waals surface area contributed by atoms with Crippen molar-refractivity contribution in [2.24, 2.45) is 0 Å². The van der Waals surface area contributed by atoms with Gasteiger partial charge in [0.25, 0.3) is 0 Å². The summed E-state index contributed by atoms with van der Waals surface area (Å²) in [5.41, 5.74) is 2.98. The summed E-state index contributed by atoms with van der Waals surface area (Å²) < 4.78 is 5.45. The van der Waals surface area contributed by atoms with Crippen LogP contribution >= 0.6 is 23.2 Å². The zero-order valence-corrected chi connectivity index (χ0v) is 13.0. The van der Waals surface area contributed by atoms with Gasteiger partial charge in [-0.1, -0.05) is 41.4 Å². The topological polar surface area (TPSA) is 30.2 Å². The first-order valence-corrected chi connectivity index (χ1v) is 7.23. The van der Waals surface area contributed by atoms with Crippen molar-refractivity contribution in [3.05, 3.63) is 68.0 Å². The number of hydrogen-bond donors (Lipinski definition) is 0. The van der Waals surface area contributed by atoms with Gasteiger partial charge in [-0.25, -0.2) is 4.79 Å². The minimum absolute atomic E-state index is 0.394. The highest BCUT2D eigenvalue weighted by molar-refractivity contribution is 6.33. The van der Waals surface area contributed by atoms with E-state index in [1.165, 1.54) is 0 Å². The van der Waals surface area contributed by atoms with E-state index in [0.717, 1.165) is 16.5 Å². The van der Waals surface area contributed by atoms with E-state index in [9.17, 15) is 4.79 Å². The summed E-state index contributed by atoms with van der Waals surface area (Å²) in [7, 11) is 0. The molecule has 1 heterocycles. The van der Waals surface area contributed by atoms with E-state index in [2.05, 4.69) is 0 Å². The number of benzene rings is 2. The average molecular weight is 319 g/mol. The molecule has 0 saturated carbocycles. The molecule has 0 aliphatic carbocycles. The van der Waals surface area contributed by atoms with Crippen molar-refractivity contribution in [1.82, 2.24) is 0 Å². The van der Waals surface area contributed by atoms with Crippen molar-refractivity contribution in [3.63, 3.8) is 0 Å². The number of rotatable bonds is 1. The van der Waals surface area contributed by atoms with Crippen molar-refractivity contribution in [3.8, 4) is 11.1 Å². The van der Waals surface area contributed by atoms with Crippen LogP contribution in [0.4, 0.5) is 0 Å². The molecule has 0 N–H and O–H groups in total. The predicted octanol–water partition coefficient (Wildman–Crippen LogP) is 5.38. The molecular weight excluding hydrogens is 307 g/mol. The quantitative estimate of drug-likeness (QED) is 0.563.